The average Bonchev–Trinajstić information content (AvgIpc) is 3.52. The fraction of sp³-hybridized carbons (Fsp3) is 0.429. The summed E-state index contributed by atoms with van der Waals surface area (Å²) in [5, 5.41) is 6.55. The van der Waals surface area contributed by atoms with E-state index >= 15 is 0 Å². The van der Waals surface area contributed by atoms with Crippen LogP contribution in [0, 0.1) is 12.8 Å². The third-order valence-corrected chi connectivity index (χ3v) is 4.33. The Morgan fingerprint density at radius 1 is 1.14 bits per heavy atom. The summed E-state index contributed by atoms with van der Waals surface area (Å²) in [4.78, 5) is 8.51. The summed E-state index contributed by atoms with van der Waals surface area (Å²) in [7, 11) is 1.76. The minimum atomic E-state index is 0. The molecule has 152 valence electrons. The molecule has 0 unspecified atom stereocenters. The maximum absolute atomic E-state index is 5.73. The normalized spacial score (nSPS) is 13.4. The van der Waals surface area contributed by atoms with Crippen LogP contribution in [0.2, 0.25) is 0 Å². The quantitative estimate of drug-likeness (QED) is 0.241. The number of pyridine rings is 1. The maximum Gasteiger partial charge on any atom is 0.213 e. The molecule has 1 aromatic carbocycles. The molecule has 2 N–H and O–H groups in total. The number of nitrogens with one attached hydrogen (secondary N) is 2. The van der Waals surface area contributed by atoms with Crippen molar-refractivity contribution in [2.24, 2.45) is 10.9 Å². The molecule has 1 aromatic heterocycles. The molecule has 1 fully saturated rings. The number of ether oxygens (including phenoxy) is 2. The topological polar surface area (TPSA) is 67.8 Å². The minimum absolute atomic E-state index is 0. The van der Waals surface area contributed by atoms with Crippen molar-refractivity contribution in [1.29, 1.82) is 0 Å². The predicted octanol–water partition coefficient (Wildman–Crippen LogP) is 3.54. The number of hydrogen-bond acceptors (Lipinski definition) is 4. The van der Waals surface area contributed by atoms with Crippen LogP contribution in [-0.2, 0) is 6.54 Å². The highest BCUT2D eigenvalue weighted by molar-refractivity contribution is 14.0. The van der Waals surface area contributed by atoms with Crippen molar-refractivity contribution in [3.05, 3.63) is 53.7 Å². The minimum Gasteiger partial charge on any atom is -0.492 e. The van der Waals surface area contributed by atoms with Gasteiger partial charge in [0.15, 0.2) is 5.96 Å². The van der Waals surface area contributed by atoms with Gasteiger partial charge in [-0.1, -0.05) is 17.7 Å². The van der Waals surface area contributed by atoms with E-state index in [1.165, 1.54) is 18.4 Å². The van der Waals surface area contributed by atoms with Gasteiger partial charge in [0.05, 0.1) is 13.2 Å². The lowest BCUT2D eigenvalue weighted by Crippen LogP contribution is -2.38. The maximum atomic E-state index is 5.73. The van der Waals surface area contributed by atoms with E-state index in [1.54, 1.807) is 13.2 Å². The van der Waals surface area contributed by atoms with Crippen molar-refractivity contribution >= 4 is 29.9 Å². The molecule has 0 radical (unpaired) electrons. The Labute approximate surface area is 184 Å². The Kier molecular flexibility index (Phi) is 9.33. The number of aromatic nitrogens is 1. The van der Waals surface area contributed by atoms with Gasteiger partial charge in [-0.05, 0) is 49.4 Å². The Hall–Kier alpha value is -2.03. The van der Waals surface area contributed by atoms with Gasteiger partial charge >= 0.3 is 0 Å². The van der Waals surface area contributed by atoms with Crippen molar-refractivity contribution in [2.45, 2.75) is 26.3 Å². The van der Waals surface area contributed by atoms with E-state index in [4.69, 9.17) is 9.47 Å². The summed E-state index contributed by atoms with van der Waals surface area (Å²) in [6.07, 6.45) is 4.33. The predicted molar refractivity (Wildman–Crippen MR) is 123 cm³/mol. The Bertz CT molecular complexity index is 748. The van der Waals surface area contributed by atoms with E-state index in [0.29, 0.717) is 25.6 Å². The molecule has 0 aliphatic heterocycles. The molecule has 1 aliphatic carbocycles. The number of rotatable bonds is 9. The molecule has 1 saturated carbocycles. The second kappa shape index (κ2) is 11.7. The second-order valence-corrected chi connectivity index (χ2v) is 6.77. The largest absolute Gasteiger partial charge is 0.492 e. The Morgan fingerprint density at radius 2 is 1.93 bits per heavy atom. The van der Waals surface area contributed by atoms with Crippen molar-refractivity contribution < 1.29 is 9.47 Å². The van der Waals surface area contributed by atoms with Gasteiger partial charge in [-0.2, -0.15) is 0 Å². The molecule has 1 heterocycles. The molecule has 2 aromatic rings. The highest BCUT2D eigenvalue weighted by Crippen LogP contribution is 2.29. The highest BCUT2D eigenvalue weighted by Gasteiger charge is 2.22. The summed E-state index contributed by atoms with van der Waals surface area (Å²) >= 11 is 0. The number of benzene rings is 1. The summed E-state index contributed by atoms with van der Waals surface area (Å²) in [6.45, 7) is 4.72. The van der Waals surface area contributed by atoms with E-state index in [9.17, 15) is 0 Å². The molecular weight excluding hydrogens is 467 g/mol. The van der Waals surface area contributed by atoms with Crippen LogP contribution in [0.1, 0.15) is 24.0 Å². The first-order valence-corrected chi connectivity index (χ1v) is 9.44. The number of aliphatic imine (C=N–C) groups is 1. The van der Waals surface area contributed by atoms with Crippen LogP contribution in [0.15, 0.2) is 47.6 Å². The molecular formula is C21H29IN4O2. The van der Waals surface area contributed by atoms with Gasteiger partial charge in [0.25, 0.3) is 0 Å². The number of hydrogen-bond donors (Lipinski definition) is 2. The van der Waals surface area contributed by atoms with Crippen LogP contribution in [0.3, 0.4) is 0 Å². The van der Waals surface area contributed by atoms with Crippen molar-refractivity contribution in [2.75, 3.05) is 26.8 Å². The monoisotopic (exact) mass is 496 g/mol. The average molecular weight is 496 g/mol. The zero-order valence-corrected chi connectivity index (χ0v) is 18.8. The Balaban J connectivity index is 0.00000280. The lowest BCUT2D eigenvalue weighted by atomic mass is 10.2. The second-order valence-electron chi connectivity index (χ2n) is 6.77. The lowest BCUT2D eigenvalue weighted by Gasteiger charge is -2.13. The van der Waals surface area contributed by atoms with E-state index in [1.807, 2.05) is 36.4 Å². The summed E-state index contributed by atoms with van der Waals surface area (Å²) < 4.78 is 11.4. The van der Waals surface area contributed by atoms with Crippen LogP contribution in [0.5, 0.6) is 11.6 Å². The zero-order valence-electron chi connectivity index (χ0n) is 16.5. The molecule has 1 aliphatic rings. The molecule has 0 amide bonds. The van der Waals surface area contributed by atoms with Gasteiger partial charge in [0.2, 0.25) is 5.88 Å². The number of halogens is 1. The van der Waals surface area contributed by atoms with Crippen molar-refractivity contribution in [3.63, 3.8) is 0 Å². The standard InChI is InChI=1S/C21H28N4O2.HI/c1-16-3-7-19(8-4-16)26-12-11-24-21(22-2)25-14-18-9-10-23-20(13-18)27-15-17-5-6-17;/h3-4,7-10,13,17H,5-6,11-12,14-15H2,1-2H3,(H2,22,24,25);1H. The third-order valence-electron chi connectivity index (χ3n) is 4.33. The van der Waals surface area contributed by atoms with Gasteiger partial charge in [-0.3, -0.25) is 4.99 Å². The molecule has 0 bridgehead atoms. The number of nitrogens with zero attached hydrogens (tertiary/aromatic N) is 2. The Morgan fingerprint density at radius 3 is 2.64 bits per heavy atom. The van der Waals surface area contributed by atoms with Crippen molar-refractivity contribution in [1.82, 2.24) is 15.6 Å². The van der Waals surface area contributed by atoms with Gasteiger partial charge in [0.1, 0.15) is 12.4 Å². The van der Waals surface area contributed by atoms with Crippen LogP contribution in [0.25, 0.3) is 0 Å². The van der Waals surface area contributed by atoms with Crippen LogP contribution < -0.4 is 20.1 Å². The van der Waals surface area contributed by atoms with Gasteiger partial charge < -0.3 is 20.1 Å². The van der Waals surface area contributed by atoms with Crippen LogP contribution >= 0.6 is 24.0 Å². The summed E-state index contributed by atoms with van der Waals surface area (Å²) in [5.74, 6) is 3.02. The lowest BCUT2D eigenvalue weighted by molar-refractivity contribution is 0.288. The van der Waals surface area contributed by atoms with E-state index in [0.717, 1.165) is 29.8 Å². The van der Waals surface area contributed by atoms with Gasteiger partial charge in [-0.25, -0.2) is 4.98 Å². The van der Waals surface area contributed by atoms with E-state index in [-0.39, 0.29) is 24.0 Å². The smallest absolute Gasteiger partial charge is 0.213 e. The zero-order chi connectivity index (χ0) is 18.9. The summed E-state index contributed by atoms with van der Waals surface area (Å²) in [5.41, 5.74) is 2.33. The molecule has 0 atom stereocenters. The third kappa shape index (κ3) is 7.92. The fourth-order valence-electron chi connectivity index (χ4n) is 2.51. The van der Waals surface area contributed by atoms with Crippen LogP contribution in [0.4, 0.5) is 0 Å². The highest BCUT2D eigenvalue weighted by atomic mass is 127. The molecule has 0 spiro atoms. The summed E-state index contributed by atoms with van der Waals surface area (Å²) in [6, 6.07) is 12.0. The molecule has 0 saturated heterocycles. The SMILES string of the molecule is CN=C(NCCOc1ccc(C)cc1)NCc1ccnc(OCC2CC2)c1.I. The van der Waals surface area contributed by atoms with Gasteiger partial charge in [-0.15, -0.1) is 24.0 Å². The fourth-order valence-corrected chi connectivity index (χ4v) is 2.51. The molecule has 28 heavy (non-hydrogen) atoms. The molecule has 6 nitrogen and oxygen atoms in total. The van der Waals surface area contributed by atoms with Crippen molar-refractivity contribution in [3.8, 4) is 11.6 Å². The molecule has 3 rings (SSSR count). The first-order valence-electron chi connectivity index (χ1n) is 9.44. The van der Waals surface area contributed by atoms with Crippen LogP contribution in [-0.4, -0.2) is 37.7 Å². The number of guanidine groups is 1. The van der Waals surface area contributed by atoms with Gasteiger partial charge in [0, 0.05) is 25.9 Å². The van der Waals surface area contributed by atoms with E-state index < -0.39 is 0 Å². The first-order chi connectivity index (χ1) is 13.2. The molecule has 7 heteroatoms. The first kappa shape index (κ1) is 22.3. The number of aryl methyl sites for hydroxylation is 1. The van der Waals surface area contributed by atoms with E-state index in [2.05, 4.69) is 27.5 Å².